The van der Waals surface area contributed by atoms with E-state index in [0.717, 1.165) is 11.9 Å². The van der Waals surface area contributed by atoms with Crippen LogP contribution in [0.5, 0.6) is 0 Å². The zero-order valence-corrected chi connectivity index (χ0v) is 10.7. The Kier molecular flexibility index (Phi) is 3.85. The van der Waals surface area contributed by atoms with Gasteiger partial charge in [0.25, 0.3) is 5.91 Å². The van der Waals surface area contributed by atoms with Crippen LogP contribution in [0.3, 0.4) is 0 Å². The lowest BCUT2D eigenvalue weighted by molar-refractivity contribution is 0.0735. The second kappa shape index (κ2) is 5.56. The van der Waals surface area contributed by atoms with Crippen LogP contribution < -0.4 is 0 Å². The van der Waals surface area contributed by atoms with E-state index in [1.165, 1.54) is 17.2 Å². The van der Waals surface area contributed by atoms with Crippen LogP contribution in [0.1, 0.15) is 29.0 Å². The van der Waals surface area contributed by atoms with Gasteiger partial charge in [0.1, 0.15) is 0 Å². The molecule has 0 aromatic carbocycles. The number of pyridine rings is 2. The summed E-state index contributed by atoms with van der Waals surface area (Å²) < 4.78 is 13.5. The van der Waals surface area contributed by atoms with Crippen LogP contribution >= 0.6 is 0 Å². The molecule has 0 radical (unpaired) electrons. The molecule has 0 spiro atoms. The summed E-state index contributed by atoms with van der Waals surface area (Å²) in [4.78, 5) is 21.5. The summed E-state index contributed by atoms with van der Waals surface area (Å²) >= 11 is 0. The number of carbonyl (C=O) groups is 1. The van der Waals surface area contributed by atoms with Crippen molar-refractivity contribution in [1.29, 1.82) is 0 Å². The number of amides is 1. The average molecular weight is 259 g/mol. The Morgan fingerprint density at radius 2 is 2.11 bits per heavy atom. The number of hydrogen-bond donors (Lipinski definition) is 0. The monoisotopic (exact) mass is 259 g/mol. The van der Waals surface area contributed by atoms with Crippen molar-refractivity contribution in [3.8, 4) is 0 Å². The maximum atomic E-state index is 13.5. The maximum absolute atomic E-state index is 13.5. The van der Waals surface area contributed by atoms with Gasteiger partial charge in [0.05, 0.1) is 23.5 Å². The minimum Gasteiger partial charge on any atom is -0.333 e. The summed E-state index contributed by atoms with van der Waals surface area (Å²) in [6.07, 6.45) is 4.10. The molecule has 4 nitrogen and oxygen atoms in total. The zero-order valence-electron chi connectivity index (χ0n) is 10.7. The van der Waals surface area contributed by atoms with E-state index in [1.807, 2.05) is 19.1 Å². The van der Waals surface area contributed by atoms with Gasteiger partial charge in [0, 0.05) is 19.4 Å². The summed E-state index contributed by atoms with van der Waals surface area (Å²) in [7, 11) is 1.63. The molecule has 0 aliphatic heterocycles. The summed E-state index contributed by atoms with van der Waals surface area (Å²) in [6, 6.07) is 6.63. The molecule has 1 atom stereocenters. The van der Waals surface area contributed by atoms with Gasteiger partial charge in [-0.15, -0.1) is 0 Å². The highest BCUT2D eigenvalue weighted by Crippen LogP contribution is 2.19. The predicted molar refractivity (Wildman–Crippen MR) is 68.9 cm³/mol. The van der Waals surface area contributed by atoms with E-state index in [0.29, 0.717) is 0 Å². The number of rotatable bonds is 3. The minimum absolute atomic E-state index is 0.0141. The fraction of sp³-hybridized carbons (Fsp3) is 0.214. The van der Waals surface area contributed by atoms with Crippen molar-refractivity contribution in [3.63, 3.8) is 0 Å². The molecule has 19 heavy (non-hydrogen) atoms. The van der Waals surface area contributed by atoms with E-state index in [2.05, 4.69) is 9.97 Å². The Morgan fingerprint density at radius 1 is 1.32 bits per heavy atom. The first-order valence-electron chi connectivity index (χ1n) is 5.89. The van der Waals surface area contributed by atoms with Crippen LogP contribution in [-0.4, -0.2) is 27.8 Å². The minimum atomic E-state index is -0.618. The standard InChI is InChI=1S/C14H14FN3O/c1-10(13-5-3-4-7-17-13)18(2)14(19)11-6-8-16-9-12(11)15/h3-10H,1-2H3/t10-/m1/s1. The highest BCUT2D eigenvalue weighted by atomic mass is 19.1. The van der Waals surface area contributed by atoms with Crippen LogP contribution in [0.15, 0.2) is 42.9 Å². The Bertz CT molecular complexity index is 574. The molecular weight excluding hydrogens is 245 g/mol. The molecule has 0 N–H and O–H groups in total. The molecule has 0 unspecified atom stereocenters. The van der Waals surface area contributed by atoms with Crippen molar-refractivity contribution < 1.29 is 9.18 Å². The van der Waals surface area contributed by atoms with E-state index in [1.54, 1.807) is 19.3 Å². The number of carbonyl (C=O) groups excluding carboxylic acids is 1. The van der Waals surface area contributed by atoms with Crippen LogP contribution in [0.4, 0.5) is 4.39 Å². The van der Waals surface area contributed by atoms with Gasteiger partial charge in [0.15, 0.2) is 5.82 Å². The highest BCUT2D eigenvalue weighted by Gasteiger charge is 2.21. The second-order valence-electron chi connectivity index (χ2n) is 4.20. The topological polar surface area (TPSA) is 46.1 Å². The lowest BCUT2D eigenvalue weighted by atomic mass is 10.1. The quantitative estimate of drug-likeness (QED) is 0.850. The molecule has 0 aliphatic rings. The summed E-state index contributed by atoms with van der Waals surface area (Å²) in [5.74, 6) is -1.01. The van der Waals surface area contributed by atoms with Gasteiger partial charge in [-0.3, -0.25) is 14.8 Å². The molecular formula is C14H14FN3O. The third-order valence-electron chi connectivity index (χ3n) is 3.02. The van der Waals surface area contributed by atoms with Crippen molar-refractivity contribution >= 4 is 5.91 Å². The highest BCUT2D eigenvalue weighted by molar-refractivity contribution is 5.94. The van der Waals surface area contributed by atoms with E-state index in [9.17, 15) is 9.18 Å². The Balaban J connectivity index is 2.23. The van der Waals surface area contributed by atoms with E-state index in [-0.39, 0.29) is 11.6 Å². The summed E-state index contributed by atoms with van der Waals surface area (Å²) in [5, 5.41) is 0. The Labute approximate surface area is 110 Å². The molecule has 0 bridgehead atoms. The van der Waals surface area contributed by atoms with Gasteiger partial charge in [-0.2, -0.15) is 0 Å². The first kappa shape index (κ1) is 13.1. The van der Waals surface area contributed by atoms with E-state index < -0.39 is 11.7 Å². The van der Waals surface area contributed by atoms with Crippen molar-refractivity contribution in [2.45, 2.75) is 13.0 Å². The Morgan fingerprint density at radius 3 is 2.74 bits per heavy atom. The first-order valence-corrected chi connectivity index (χ1v) is 5.89. The second-order valence-corrected chi connectivity index (χ2v) is 4.20. The summed E-state index contributed by atoms with van der Waals surface area (Å²) in [6.45, 7) is 1.85. The van der Waals surface area contributed by atoms with Crippen molar-refractivity contribution in [1.82, 2.24) is 14.9 Å². The van der Waals surface area contributed by atoms with Gasteiger partial charge >= 0.3 is 0 Å². The van der Waals surface area contributed by atoms with Gasteiger partial charge in [0.2, 0.25) is 0 Å². The third kappa shape index (κ3) is 2.76. The molecule has 5 heteroatoms. The predicted octanol–water partition coefficient (Wildman–Crippen LogP) is 2.45. The summed E-state index contributed by atoms with van der Waals surface area (Å²) in [5.41, 5.74) is 0.771. The number of nitrogens with zero attached hydrogens (tertiary/aromatic N) is 3. The van der Waals surface area contributed by atoms with Crippen LogP contribution in [-0.2, 0) is 0 Å². The number of aromatic nitrogens is 2. The van der Waals surface area contributed by atoms with Gasteiger partial charge in [-0.05, 0) is 25.1 Å². The fourth-order valence-electron chi connectivity index (χ4n) is 1.74. The SMILES string of the molecule is C[C@H](c1ccccn1)N(C)C(=O)c1ccncc1F. The molecule has 2 rings (SSSR count). The van der Waals surface area contributed by atoms with E-state index in [4.69, 9.17) is 0 Å². The third-order valence-corrected chi connectivity index (χ3v) is 3.02. The van der Waals surface area contributed by atoms with Gasteiger partial charge in [-0.1, -0.05) is 6.07 Å². The Hall–Kier alpha value is -2.30. The molecule has 0 aliphatic carbocycles. The van der Waals surface area contributed by atoms with Crippen molar-refractivity contribution in [3.05, 3.63) is 59.9 Å². The number of hydrogen-bond acceptors (Lipinski definition) is 3. The van der Waals surface area contributed by atoms with E-state index >= 15 is 0 Å². The zero-order chi connectivity index (χ0) is 13.8. The molecule has 0 saturated heterocycles. The van der Waals surface area contributed by atoms with Crippen LogP contribution in [0, 0.1) is 5.82 Å². The van der Waals surface area contributed by atoms with Crippen molar-refractivity contribution in [2.75, 3.05) is 7.05 Å². The molecule has 98 valence electrons. The van der Waals surface area contributed by atoms with Crippen molar-refractivity contribution in [2.24, 2.45) is 0 Å². The first-order chi connectivity index (χ1) is 9.11. The smallest absolute Gasteiger partial charge is 0.257 e. The van der Waals surface area contributed by atoms with Crippen LogP contribution in [0.2, 0.25) is 0 Å². The molecule has 2 aromatic rings. The van der Waals surface area contributed by atoms with Crippen LogP contribution in [0.25, 0.3) is 0 Å². The molecule has 0 fully saturated rings. The molecule has 1 amide bonds. The van der Waals surface area contributed by atoms with Gasteiger partial charge in [-0.25, -0.2) is 4.39 Å². The average Bonchev–Trinajstić information content (AvgIpc) is 2.46. The molecule has 2 aromatic heterocycles. The fourth-order valence-corrected chi connectivity index (χ4v) is 1.74. The number of halogens is 1. The lowest BCUT2D eigenvalue weighted by Crippen LogP contribution is -2.30. The molecule has 0 saturated carbocycles. The molecule has 2 heterocycles. The normalized spacial score (nSPS) is 11.9. The van der Waals surface area contributed by atoms with Gasteiger partial charge < -0.3 is 4.90 Å². The lowest BCUT2D eigenvalue weighted by Gasteiger charge is -2.24. The maximum Gasteiger partial charge on any atom is 0.257 e. The largest absolute Gasteiger partial charge is 0.333 e.